The van der Waals surface area contributed by atoms with Gasteiger partial charge in [-0.05, 0) is 43.5 Å². The van der Waals surface area contributed by atoms with E-state index in [4.69, 9.17) is 0 Å². The molecule has 4 aromatic heterocycles. The molecule has 1 fully saturated rings. The van der Waals surface area contributed by atoms with Gasteiger partial charge >= 0.3 is 0 Å². The lowest BCUT2D eigenvalue weighted by Crippen LogP contribution is -2.18. The third-order valence-corrected chi connectivity index (χ3v) is 9.10. The van der Waals surface area contributed by atoms with E-state index in [0.29, 0.717) is 21.7 Å². The molecule has 2 atom stereocenters. The first kappa shape index (κ1) is 29.5. The minimum absolute atomic E-state index is 0.156. The van der Waals surface area contributed by atoms with E-state index in [-0.39, 0.29) is 36.5 Å². The molecule has 42 heavy (non-hydrogen) atoms. The molecule has 1 saturated carbocycles. The average molecular weight is 607 g/mol. The van der Waals surface area contributed by atoms with E-state index < -0.39 is 0 Å². The smallest absolute Gasteiger partial charge is 0.232 e. The Hall–Kier alpha value is -4.04. The summed E-state index contributed by atoms with van der Waals surface area (Å²) >= 11 is 2.84. The highest BCUT2D eigenvalue weighted by atomic mass is 32.1. The molecule has 0 aromatic carbocycles. The van der Waals surface area contributed by atoms with E-state index in [2.05, 4.69) is 41.0 Å². The van der Waals surface area contributed by atoms with E-state index in [0.717, 1.165) is 47.1 Å². The number of hydrogen-bond donors (Lipinski definition) is 2. The molecule has 4 aromatic rings. The molecule has 0 spiro atoms. The van der Waals surface area contributed by atoms with Crippen LogP contribution in [-0.4, -0.2) is 70.4 Å². The molecule has 1 aliphatic rings. The van der Waals surface area contributed by atoms with Crippen molar-refractivity contribution in [3.63, 3.8) is 0 Å². The van der Waals surface area contributed by atoms with Gasteiger partial charge in [-0.15, -0.1) is 20.4 Å². The lowest BCUT2D eigenvalue weighted by molar-refractivity contribution is -0.116. The summed E-state index contributed by atoms with van der Waals surface area (Å²) in [6.07, 6.45) is 7.59. The summed E-state index contributed by atoms with van der Waals surface area (Å²) in [5, 5.41) is 25.9. The molecule has 5 rings (SSSR count). The van der Waals surface area contributed by atoms with Crippen LogP contribution in [0.3, 0.4) is 0 Å². The fourth-order valence-electron chi connectivity index (χ4n) is 5.12. The van der Waals surface area contributed by atoms with E-state index in [9.17, 15) is 9.59 Å². The maximum Gasteiger partial charge on any atom is 0.232 e. The second kappa shape index (κ2) is 13.3. The van der Waals surface area contributed by atoms with Crippen molar-refractivity contribution in [1.29, 1.82) is 0 Å². The van der Waals surface area contributed by atoms with Crippen LogP contribution in [0.1, 0.15) is 58.9 Å². The predicted octanol–water partition coefficient (Wildman–Crippen LogP) is 4.12. The second-order valence-corrected chi connectivity index (χ2v) is 12.6. The van der Waals surface area contributed by atoms with Gasteiger partial charge in [0.1, 0.15) is 10.0 Å². The van der Waals surface area contributed by atoms with Crippen molar-refractivity contribution in [2.24, 2.45) is 0 Å². The minimum atomic E-state index is -0.176. The summed E-state index contributed by atoms with van der Waals surface area (Å²) < 4.78 is 0. The number of amides is 2. The maximum atomic E-state index is 12.7. The fraction of sp³-hybridized carbons (Fsp3) is 0.429. The van der Waals surface area contributed by atoms with Crippen molar-refractivity contribution in [2.45, 2.75) is 50.4 Å². The molecule has 0 unspecified atom stereocenters. The maximum absolute atomic E-state index is 12.7. The molecule has 4 heterocycles. The molecule has 2 N–H and O–H groups in total. The number of nitrogens with one attached hydrogen (secondary N) is 2. The van der Waals surface area contributed by atoms with Crippen LogP contribution >= 0.6 is 22.7 Å². The number of rotatable bonds is 10. The van der Waals surface area contributed by atoms with Crippen LogP contribution < -0.4 is 20.4 Å². The van der Waals surface area contributed by atoms with Gasteiger partial charge in [-0.2, -0.15) is 0 Å². The van der Waals surface area contributed by atoms with E-state index in [1.165, 1.54) is 22.7 Å². The molecule has 220 valence electrons. The Balaban J connectivity index is 1.16. The van der Waals surface area contributed by atoms with Gasteiger partial charge in [0.25, 0.3) is 0 Å². The third kappa shape index (κ3) is 7.23. The van der Waals surface area contributed by atoms with Crippen molar-refractivity contribution in [3.8, 4) is 0 Å². The SMILES string of the molecule is CN(C)c1cccnc1CC(=O)Nc1nnc([C@@H]2CCC[C@@H](c3nnc(NC(=O)Cc4ncccc4N(C)C)s3)C2)s1. The number of hydrogen-bond acceptors (Lipinski definition) is 12. The Bertz CT molecular complexity index is 1420. The number of nitrogens with zero attached hydrogens (tertiary/aromatic N) is 8. The highest BCUT2D eigenvalue weighted by Crippen LogP contribution is 2.43. The molecule has 0 radical (unpaired) electrons. The number of carbonyl (C=O) groups is 2. The zero-order chi connectivity index (χ0) is 29.6. The van der Waals surface area contributed by atoms with Crippen molar-refractivity contribution in [2.75, 3.05) is 48.6 Å². The summed E-state index contributed by atoms with van der Waals surface area (Å²) in [4.78, 5) is 38.1. The van der Waals surface area contributed by atoms with Gasteiger partial charge in [-0.1, -0.05) is 29.1 Å². The summed E-state index contributed by atoms with van der Waals surface area (Å²) in [6.45, 7) is 0. The Morgan fingerprint density at radius 3 is 1.64 bits per heavy atom. The van der Waals surface area contributed by atoms with E-state index in [1.54, 1.807) is 12.4 Å². The highest BCUT2D eigenvalue weighted by Gasteiger charge is 2.29. The van der Waals surface area contributed by atoms with Gasteiger partial charge < -0.3 is 20.4 Å². The first-order valence-electron chi connectivity index (χ1n) is 13.8. The van der Waals surface area contributed by atoms with Crippen molar-refractivity contribution in [1.82, 2.24) is 30.4 Å². The monoisotopic (exact) mass is 606 g/mol. The molecule has 12 nitrogen and oxygen atoms in total. The number of pyridine rings is 2. The first-order valence-corrected chi connectivity index (χ1v) is 15.4. The van der Waals surface area contributed by atoms with Gasteiger partial charge in [0.05, 0.1) is 35.6 Å². The zero-order valence-electron chi connectivity index (χ0n) is 24.1. The van der Waals surface area contributed by atoms with Crippen molar-refractivity contribution in [3.05, 3.63) is 58.1 Å². The Morgan fingerprint density at radius 1 is 0.762 bits per heavy atom. The lowest BCUT2D eigenvalue weighted by atomic mass is 9.82. The molecular weight excluding hydrogens is 573 g/mol. The first-order chi connectivity index (χ1) is 20.3. The Morgan fingerprint density at radius 2 is 1.21 bits per heavy atom. The van der Waals surface area contributed by atoms with E-state index >= 15 is 0 Å². The van der Waals surface area contributed by atoms with Crippen LogP contribution in [-0.2, 0) is 22.4 Å². The average Bonchev–Trinajstić information content (AvgIpc) is 3.63. The number of carbonyl (C=O) groups excluding carboxylic acids is 2. The van der Waals surface area contributed by atoms with Crippen LogP contribution in [0.15, 0.2) is 36.7 Å². The van der Waals surface area contributed by atoms with Gasteiger partial charge in [-0.25, -0.2) is 0 Å². The molecule has 1 aliphatic carbocycles. The van der Waals surface area contributed by atoms with Crippen LogP contribution in [0.4, 0.5) is 21.6 Å². The minimum Gasteiger partial charge on any atom is -0.376 e. The largest absolute Gasteiger partial charge is 0.376 e. The number of anilines is 4. The second-order valence-electron chi connectivity index (χ2n) is 10.6. The molecular formula is C28H34N10O2S2. The summed E-state index contributed by atoms with van der Waals surface area (Å²) in [7, 11) is 7.71. The summed E-state index contributed by atoms with van der Waals surface area (Å²) in [5.41, 5.74) is 3.24. The van der Waals surface area contributed by atoms with Gasteiger partial charge in [0, 0.05) is 52.4 Å². The molecule has 14 heteroatoms. The van der Waals surface area contributed by atoms with E-state index in [1.807, 2.05) is 62.3 Å². The predicted molar refractivity (Wildman–Crippen MR) is 166 cm³/mol. The van der Waals surface area contributed by atoms with Crippen LogP contribution in [0.2, 0.25) is 0 Å². The molecule has 0 bridgehead atoms. The quantitative estimate of drug-likeness (QED) is 0.271. The summed E-state index contributed by atoms with van der Waals surface area (Å²) in [6, 6.07) is 7.59. The topological polar surface area (TPSA) is 142 Å². The highest BCUT2D eigenvalue weighted by molar-refractivity contribution is 7.15. The Kier molecular flexibility index (Phi) is 9.32. The standard InChI is InChI=1S/C28H34N10O2S2/c1-37(2)21-10-6-12-29-19(21)15-23(39)31-27-35-33-25(41-27)17-8-5-9-18(14-17)26-34-36-28(42-26)32-24(40)16-20-22(38(3)4)11-7-13-30-20/h6-7,10-13,17-18H,5,8-9,14-16H2,1-4H3,(H,31,35,39)(H,32,36,40)/t17-,18-/m1/s1. The van der Waals surface area contributed by atoms with Gasteiger partial charge in [-0.3, -0.25) is 19.6 Å². The van der Waals surface area contributed by atoms with Crippen LogP contribution in [0, 0.1) is 0 Å². The summed E-state index contributed by atoms with van der Waals surface area (Å²) in [5.74, 6) is 0.0908. The van der Waals surface area contributed by atoms with Crippen LogP contribution in [0.25, 0.3) is 0 Å². The lowest BCUT2D eigenvalue weighted by Gasteiger charge is -2.25. The van der Waals surface area contributed by atoms with Crippen molar-refractivity contribution >= 4 is 56.1 Å². The van der Waals surface area contributed by atoms with Crippen molar-refractivity contribution < 1.29 is 9.59 Å². The zero-order valence-corrected chi connectivity index (χ0v) is 25.7. The molecule has 0 saturated heterocycles. The molecule has 0 aliphatic heterocycles. The van der Waals surface area contributed by atoms with Gasteiger partial charge in [0.2, 0.25) is 22.1 Å². The third-order valence-electron chi connectivity index (χ3n) is 7.10. The molecule has 2 amide bonds. The van der Waals surface area contributed by atoms with Crippen LogP contribution in [0.5, 0.6) is 0 Å². The normalized spacial score (nSPS) is 16.6. The fourth-order valence-corrected chi connectivity index (χ4v) is 6.93. The number of aromatic nitrogens is 6. The Labute approximate surface area is 252 Å². The van der Waals surface area contributed by atoms with Gasteiger partial charge in [0.15, 0.2) is 0 Å².